The molecule has 9 nitrogen and oxygen atoms in total. The summed E-state index contributed by atoms with van der Waals surface area (Å²) in [5, 5.41) is 5.05. The van der Waals surface area contributed by atoms with Gasteiger partial charge in [0.15, 0.2) is 0 Å². The van der Waals surface area contributed by atoms with E-state index in [2.05, 4.69) is 0 Å². The van der Waals surface area contributed by atoms with Crippen LogP contribution in [0.4, 0.5) is 0 Å². The van der Waals surface area contributed by atoms with Gasteiger partial charge in [0.05, 0.1) is 16.2 Å². The van der Waals surface area contributed by atoms with E-state index < -0.39 is 27.2 Å². The monoisotopic (exact) mass is 367 g/mol. The van der Waals surface area contributed by atoms with E-state index in [0.717, 1.165) is 10.6 Å². The lowest BCUT2D eigenvalue weighted by molar-refractivity contribution is 0.0461. The number of carbonyl (C=O) groups is 1. The molecule has 0 bridgehead atoms. The summed E-state index contributed by atoms with van der Waals surface area (Å²) in [5.74, 6) is -0.795. The number of esters is 1. The van der Waals surface area contributed by atoms with Gasteiger partial charge in [-0.2, -0.15) is 0 Å². The van der Waals surface area contributed by atoms with Gasteiger partial charge in [-0.05, 0) is 24.6 Å². The zero-order chi connectivity index (χ0) is 18.9. The fraction of sp³-hybridized carbons (Fsp3) is 0.267. The van der Waals surface area contributed by atoms with Gasteiger partial charge in [-0.3, -0.25) is 13.9 Å². The summed E-state index contributed by atoms with van der Waals surface area (Å²) >= 11 is 0. The SMILES string of the molecule is Cc1ccc(S(N)(=O)=O)cc1C(=O)OCc1cc(=O)n(C)c(=O)n1C. The van der Waals surface area contributed by atoms with Gasteiger partial charge in [-0.1, -0.05) is 6.07 Å². The van der Waals surface area contributed by atoms with E-state index in [9.17, 15) is 22.8 Å². The van der Waals surface area contributed by atoms with Crippen LogP contribution in [0.25, 0.3) is 0 Å². The first kappa shape index (κ1) is 18.6. The van der Waals surface area contributed by atoms with Gasteiger partial charge in [0.25, 0.3) is 5.56 Å². The maximum absolute atomic E-state index is 12.2. The van der Waals surface area contributed by atoms with Gasteiger partial charge in [-0.25, -0.2) is 23.1 Å². The van der Waals surface area contributed by atoms with Gasteiger partial charge in [0.2, 0.25) is 10.0 Å². The third kappa shape index (κ3) is 3.86. The molecule has 10 heteroatoms. The highest BCUT2D eigenvalue weighted by Crippen LogP contribution is 2.16. The summed E-state index contributed by atoms with van der Waals surface area (Å²) in [5.41, 5.74) is -0.343. The lowest BCUT2D eigenvalue weighted by Gasteiger charge is -2.11. The van der Waals surface area contributed by atoms with Crippen LogP contribution in [0, 0.1) is 6.92 Å². The van der Waals surface area contributed by atoms with E-state index in [0.29, 0.717) is 5.56 Å². The molecule has 2 N–H and O–H groups in total. The highest BCUT2D eigenvalue weighted by atomic mass is 32.2. The summed E-state index contributed by atoms with van der Waals surface area (Å²) in [6.45, 7) is 1.29. The summed E-state index contributed by atoms with van der Waals surface area (Å²) in [6, 6.07) is 5.02. The molecule has 0 radical (unpaired) electrons. The summed E-state index contributed by atoms with van der Waals surface area (Å²) < 4.78 is 30.0. The Morgan fingerprint density at radius 2 is 1.80 bits per heavy atom. The van der Waals surface area contributed by atoms with Crippen molar-refractivity contribution in [1.29, 1.82) is 0 Å². The second-order valence-corrected chi connectivity index (χ2v) is 7.03. The number of carbonyl (C=O) groups excluding carboxylic acids is 1. The first-order valence-corrected chi connectivity index (χ1v) is 8.63. The van der Waals surface area contributed by atoms with Gasteiger partial charge in [-0.15, -0.1) is 0 Å². The molecule has 0 aliphatic heterocycles. The third-order valence-corrected chi connectivity index (χ3v) is 4.64. The first-order valence-electron chi connectivity index (χ1n) is 7.09. The second kappa shape index (κ2) is 6.65. The average Bonchev–Trinajstić information content (AvgIpc) is 2.54. The van der Waals surface area contributed by atoms with E-state index in [1.54, 1.807) is 6.92 Å². The van der Waals surface area contributed by atoms with Crippen molar-refractivity contribution in [2.75, 3.05) is 0 Å². The van der Waals surface area contributed by atoms with Crippen LogP contribution in [0.2, 0.25) is 0 Å². The number of sulfonamides is 1. The predicted molar refractivity (Wildman–Crippen MR) is 88.6 cm³/mol. The van der Waals surface area contributed by atoms with Crippen molar-refractivity contribution in [1.82, 2.24) is 9.13 Å². The predicted octanol–water partition coefficient (Wildman–Crippen LogP) is -0.603. The van der Waals surface area contributed by atoms with Crippen molar-refractivity contribution in [2.24, 2.45) is 19.2 Å². The Bertz CT molecular complexity index is 1070. The Morgan fingerprint density at radius 1 is 1.16 bits per heavy atom. The number of rotatable bonds is 4. The number of benzene rings is 1. The number of hydrogen-bond acceptors (Lipinski definition) is 6. The maximum atomic E-state index is 12.2. The van der Waals surface area contributed by atoms with Crippen LogP contribution < -0.4 is 16.4 Å². The number of hydrogen-bond donors (Lipinski definition) is 1. The molecule has 25 heavy (non-hydrogen) atoms. The molecule has 2 aromatic rings. The minimum absolute atomic E-state index is 0.0281. The molecule has 0 fully saturated rings. The lowest BCUT2D eigenvalue weighted by Crippen LogP contribution is -2.38. The Kier molecular flexibility index (Phi) is 4.95. The number of aromatic nitrogens is 2. The molecule has 1 heterocycles. The quantitative estimate of drug-likeness (QED) is 0.718. The molecule has 0 spiro atoms. The molecule has 2 rings (SSSR count). The standard InChI is InChI=1S/C15H17N3O6S/c1-9-4-5-11(25(16,22)23)7-12(9)14(20)24-8-10-6-13(19)18(3)15(21)17(10)2/h4-7H,8H2,1-3H3,(H2,16,22,23). The van der Waals surface area contributed by atoms with Crippen molar-refractivity contribution >= 4 is 16.0 Å². The number of nitrogens with two attached hydrogens (primary N) is 1. The fourth-order valence-corrected chi connectivity index (χ4v) is 2.67. The topological polar surface area (TPSA) is 130 Å². The van der Waals surface area contributed by atoms with Crippen LogP contribution in [0.3, 0.4) is 0 Å². The molecule has 1 aromatic heterocycles. The van der Waals surface area contributed by atoms with Crippen molar-refractivity contribution < 1.29 is 17.9 Å². The van der Waals surface area contributed by atoms with Crippen LogP contribution in [0.1, 0.15) is 21.6 Å². The van der Waals surface area contributed by atoms with E-state index in [1.165, 1.54) is 36.9 Å². The van der Waals surface area contributed by atoms with Crippen LogP contribution in [0.5, 0.6) is 0 Å². The fourth-order valence-electron chi connectivity index (χ4n) is 2.13. The van der Waals surface area contributed by atoms with Gasteiger partial charge < -0.3 is 4.74 Å². The lowest BCUT2D eigenvalue weighted by atomic mass is 10.1. The number of nitrogens with zero attached hydrogens (tertiary/aromatic N) is 2. The molecule has 0 amide bonds. The molecule has 0 atom stereocenters. The third-order valence-electron chi connectivity index (χ3n) is 3.73. The van der Waals surface area contributed by atoms with Crippen molar-refractivity contribution in [2.45, 2.75) is 18.4 Å². The Balaban J connectivity index is 2.31. The van der Waals surface area contributed by atoms with Gasteiger partial charge >= 0.3 is 11.7 Å². The largest absolute Gasteiger partial charge is 0.456 e. The highest BCUT2D eigenvalue weighted by Gasteiger charge is 2.17. The minimum Gasteiger partial charge on any atom is -0.456 e. The van der Waals surface area contributed by atoms with Crippen molar-refractivity contribution in [3.63, 3.8) is 0 Å². The minimum atomic E-state index is -3.96. The summed E-state index contributed by atoms with van der Waals surface area (Å²) in [7, 11) is -1.18. The zero-order valence-corrected chi connectivity index (χ0v) is 14.7. The highest BCUT2D eigenvalue weighted by molar-refractivity contribution is 7.89. The Morgan fingerprint density at radius 3 is 2.40 bits per heavy atom. The number of aryl methyl sites for hydroxylation is 1. The van der Waals surface area contributed by atoms with E-state index in [-0.39, 0.29) is 22.8 Å². The van der Waals surface area contributed by atoms with E-state index in [1.807, 2.05) is 0 Å². The van der Waals surface area contributed by atoms with Gasteiger partial charge in [0, 0.05) is 20.2 Å². The number of primary sulfonamides is 1. The van der Waals surface area contributed by atoms with E-state index >= 15 is 0 Å². The second-order valence-electron chi connectivity index (χ2n) is 5.47. The van der Waals surface area contributed by atoms with Crippen LogP contribution in [0.15, 0.2) is 38.8 Å². The molecular weight excluding hydrogens is 350 g/mol. The van der Waals surface area contributed by atoms with Crippen LogP contribution in [-0.2, 0) is 35.5 Å². The smallest absolute Gasteiger partial charge is 0.338 e. The Hall–Kier alpha value is -2.72. The summed E-state index contributed by atoms with van der Waals surface area (Å²) in [4.78, 5) is 35.5. The molecular formula is C15H17N3O6S. The molecule has 1 aromatic carbocycles. The zero-order valence-electron chi connectivity index (χ0n) is 13.8. The number of ether oxygens (including phenoxy) is 1. The maximum Gasteiger partial charge on any atom is 0.338 e. The van der Waals surface area contributed by atoms with E-state index in [4.69, 9.17) is 9.88 Å². The normalized spacial score (nSPS) is 11.4. The van der Waals surface area contributed by atoms with Crippen LogP contribution >= 0.6 is 0 Å². The Labute approximate surface area is 143 Å². The molecule has 0 aliphatic carbocycles. The molecule has 0 aliphatic rings. The van der Waals surface area contributed by atoms with Crippen LogP contribution in [-0.4, -0.2) is 23.5 Å². The van der Waals surface area contributed by atoms with Crippen molar-refractivity contribution in [3.8, 4) is 0 Å². The van der Waals surface area contributed by atoms with Gasteiger partial charge in [0.1, 0.15) is 6.61 Å². The molecule has 0 saturated carbocycles. The molecule has 134 valence electrons. The molecule has 0 saturated heterocycles. The average molecular weight is 367 g/mol. The summed E-state index contributed by atoms with van der Waals surface area (Å²) in [6.07, 6.45) is 0. The first-order chi connectivity index (χ1) is 11.5. The van der Waals surface area contributed by atoms with Crippen molar-refractivity contribution in [3.05, 3.63) is 61.9 Å². The molecule has 0 unspecified atom stereocenters.